The van der Waals surface area contributed by atoms with Crippen molar-refractivity contribution in [3.05, 3.63) is 106 Å². The number of nitrogens with zero attached hydrogens (tertiary/aromatic N) is 1. The fraction of sp³-hybridized carbons (Fsp3) is 0.222. The summed E-state index contributed by atoms with van der Waals surface area (Å²) in [6, 6.07) is 17.2. The van der Waals surface area contributed by atoms with E-state index in [1.54, 1.807) is 18.5 Å². The number of carbonyl (C=O) groups is 2. The molecule has 0 radical (unpaired) electrons. The number of ketones is 1. The van der Waals surface area contributed by atoms with Gasteiger partial charge in [-0.2, -0.15) is 0 Å². The number of benzene rings is 1. The average molecular weight is 440 g/mol. The Hall–Kier alpha value is -3.93. The van der Waals surface area contributed by atoms with E-state index < -0.39 is 5.92 Å². The van der Waals surface area contributed by atoms with Crippen molar-refractivity contribution in [2.24, 2.45) is 0 Å². The second-order valence-electron chi connectivity index (χ2n) is 8.62. The standard InChI is InChI=1S/C27H25N3O3/c1-16-10-11-23(28-15-16)30-27(32)24-17(2)29-20-13-19(22-9-6-12-33-22)14-21(31)26(20)25(24)18-7-4-3-5-8-18/h3-12,15,19,25,29H,13-14H2,1-2H3,(H,28,30,32)/t19-,25+/m1/s1. The molecule has 1 aliphatic heterocycles. The fourth-order valence-electron chi connectivity index (χ4n) is 4.77. The Morgan fingerprint density at radius 2 is 1.88 bits per heavy atom. The predicted molar refractivity (Wildman–Crippen MR) is 125 cm³/mol. The highest BCUT2D eigenvalue weighted by atomic mass is 16.3. The maximum Gasteiger partial charge on any atom is 0.255 e. The first-order valence-corrected chi connectivity index (χ1v) is 11.1. The summed E-state index contributed by atoms with van der Waals surface area (Å²) in [7, 11) is 0. The van der Waals surface area contributed by atoms with Crippen molar-refractivity contribution < 1.29 is 14.0 Å². The molecule has 3 heterocycles. The molecule has 166 valence electrons. The number of aryl methyl sites for hydroxylation is 1. The number of nitrogens with one attached hydrogen (secondary N) is 2. The van der Waals surface area contributed by atoms with Gasteiger partial charge in [-0.15, -0.1) is 0 Å². The first kappa shape index (κ1) is 20.9. The summed E-state index contributed by atoms with van der Waals surface area (Å²) in [5.41, 5.74) is 4.73. The number of rotatable bonds is 4. The van der Waals surface area contributed by atoms with Crippen molar-refractivity contribution in [1.29, 1.82) is 0 Å². The van der Waals surface area contributed by atoms with Crippen LogP contribution in [-0.2, 0) is 9.59 Å². The Morgan fingerprint density at radius 1 is 1.06 bits per heavy atom. The Bertz CT molecular complexity index is 1260. The number of dihydropyridines is 1. The van der Waals surface area contributed by atoms with Crippen LogP contribution in [0.25, 0.3) is 0 Å². The van der Waals surface area contributed by atoms with Crippen LogP contribution >= 0.6 is 0 Å². The van der Waals surface area contributed by atoms with Crippen LogP contribution in [0.1, 0.15) is 48.5 Å². The Morgan fingerprint density at radius 3 is 2.58 bits per heavy atom. The minimum absolute atomic E-state index is 0.0184. The van der Waals surface area contributed by atoms with Crippen molar-refractivity contribution in [1.82, 2.24) is 10.3 Å². The molecule has 1 aliphatic carbocycles. The Kier molecular flexibility index (Phi) is 5.42. The highest BCUT2D eigenvalue weighted by molar-refractivity contribution is 6.09. The molecule has 0 unspecified atom stereocenters. The van der Waals surface area contributed by atoms with Gasteiger partial charge in [-0.1, -0.05) is 36.4 Å². The first-order chi connectivity index (χ1) is 16.0. The van der Waals surface area contributed by atoms with Crippen LogP contribution in [0.2, 0.25) is 0 Å². The zero-order chi connectivity index (χ0) is 22.9. The van der Waals surface area contributed by atoms with Gasteiger partial charge >= 0.3 is 0 Å². The third-order valence-corrected chi connectivity index (χ3v) is 6.30. The van der Waals surface area contributed by atoms with Crippen LogP contribution in [-0.4, -0.2) is 16.7 Å². The maximum absolute atomic E-state index is 13.5. The molecule has 0 saturated carbocycles. The molecule has 1 aromatic carbocycles. The summed E-state index contributed by atoms with van der Waals surface area (Å²) in [6.45, 7) is 3.83. The lowest BCUT2D eigenvalue weighted by Gasteiger charge is -2.36. The van der Waals surface area contributed by atoms with Gasteiger partial charge in [0.05, 0.1) is 6.26 Å². The molecule has 2 aliphatic rings. The SMILES string of the molecule is CC1=C(C(=O)Nc2ccc(C)cn2)[C@H](c2ccccc2)C2=C(C[C@@H](c3ccco3)CC2=O)N1. The van der Waals surface area contributed by atoms with Crippen LogP contribution in [0, 0.1) is 6.92 Å². The van der Waals surface area contributed by atoms with E-state index in [0.29, 0.717) is 29.8 Å². The highest BCUT2D eigenvalue weighted by Gasteiger charge is 2.41. The zero-order valence-electron chi connectivity index (χ0n) is 18.6. The van der Waals surface area contributed by atoms with Crippen LogP contribution < -0.4 is 10.6 Å². The second-order valence-corrected chi connectivity index (χ2v) is 8.62. The zero-order valence-corrected chi connectivity index (χ0v) is 18.6. The molecule has 2 atom stereocenters. The van der Waals surface area contributed by atoms with Gasteiger partial charge in [0.2, 0.25) is 0 Å². The maximum atomic E-state index is 13.5. The number of anilines is 1. The van der Waals surface area contributed by atoms with Gasteiger partial charge in [0.25, 0.3) is 5.91 Å². The summed E-state index contributed by atoms with van der Waals surface area (Å²) in [4.78, 5) is 31.3. The number of hydrogen-bond acceptors (Lipinski definition) is 5. The van der Waals surface area contributed by atoms with E-state index in [0.717, 1.165) is 28.3 Å². The Balaban J connectivity index is 1.54. The average Bonchev–Trinajstić information content (AvgIpc) is 3.35. The quantitative estimate of drug-likeness (QED) is 0.599. The van der Waals surface area contributed by atoms with Crippen molar-refractivity contribution in [2.45, 2.75) is 38.5 Å². The summed E-state index contributed by atoms with van der Waals surface area (Å²) >= 11 is 0. The van der Waals surface area contributed by atoms with Crippen molar-refractivity contribution in [3.63, 3.8) is 0 Å². The van der Waals surface area contributed by atoms with Crippen molar-refractivity contribution in [2.75, 3.05) is 5.32 Å². The van der Waals surface area contributed by atoms with Crippen LogP contribution in [0.15, 0.2) is 94.0 Å². The van der Waals surface area contributed by atoms with Crippen LogP contribution in [0.3, 0.4) is 0 Å². The van der Waals surface area contributed by atoms with Gasteiger partial charge in [0, 0.05) is 47.0 Å². The molecule has 2 N–H and O–H groups in total. The summed E-state index contributed by atoms with van der Waals surface area (Å²) in [6.07, 6.45) is 4.36. The molecule has 5 rings (SSSR count). The summed E-state index contributed by atoms with van der Waals surface area (Å²) < 4.78 is 5.59. The van der Waals surface area contributed by atoms with Crippen LogP contribution in [0.4, 0.5) is 5.82 Å². The number of Topliss-reactive ketones (excluding diaryl/α,β-unsaturated/α-hetero) is 1. The smallest absolute Gasteiger partial charge is 0.255 e. The molecule has 0 fully saturated rings. The minimum atomic E-state index is -0.446. The van der Waals surface area contributed by atoms with E-state index in [1.807, 2.05) is 62.4 Å². The molecule has 2 aromatic heterocycles. The van der Waals surface area contributed by atoms with Gasteiger partial charge in [-0.25, -0.2) is 4.98 Å². The second kappa shape index (κ2) is 8.54. The van der Waals surface area contributed by atoms with Gasteiger partial charge in [0.15, 0.2) is 5.78 Å². The largest absolute Gasteiger partial charge is 0.469 e. The Labute approximate surface area is 192 Å². The van der Waals surface area contributed by atoms with Gasteiger partial charge in [0.1, 0.15) is 11.6 Å². The molecular formula is C27H25N3O3. The molecule has 0 bridgehead atoms. The van der Waals surface area contributed by atoms with Gasteiger partial charge in [-0.05, 0) is 49.6 Å². The third-order valence-electron chi connectivity index (χ3n) is 6.30. The highest BCUT2D eigenvalue weighted by Crippen LogP contribution is 2.45. The molecule has 6 heteroatoms. The number of allylic oxidation sites excluding steroid dienone is 3. The minimum Gasteiger partial charge on any atom is -0.469 e. The lowest BCUT2D eigenvalue weighted by molar-refractivity contribution is -0.116. The van der Waals surface area contributed by atoms with Crippen molar-refractivity contribution in [3.8, 4) is 0 Å². The molecule has 0 saturated heterocycles. The number of amides is 1. The predicted octanol–water partition coefficient (Wildman–Crippen LogP) is 4.98. The van der Waals surface area contributed by atoms with E-state index in [9.17, 15) is 9.59 Å². The van der Waals surface area contributed by atoms with E-state index in [1.165, 1.54) is 0 Å². The van der Waals surface area contributed by atoms with Crippen molar-refractivity contribution >= 4 is 17.5 Å². The monoisotopic (exact) mass is 439 g/mol. The topological polar surface area (TPSA) is 84.2 Å². The third kappa shape index (κ3) is 4.00. The van der Waals surface area contributed by atoms with E-state index in [2.05, 4.69) is 15.6 Å². The van der Waals surface area contributed by atoms with E-state index in [-0.39, 0.29) is 17.6 Å². The number of hydrogen-bond donors (Lipinski definition) is 2. The lowest BCUT2D eigenvalue weighted by atomic mass is 9.72. The molecule has 33 heavy (non-hydrogen) atoms. The molecule has 6 nitrogen and oxygen atoms in total. The fourth-order valence-corrected chi connectivity index (χ4v) is 4.77. The summed E-state index contributed by atoms with van der Waals surface area (Å²) in [5, 5.41) is 6.30. The molecule has 0 spiro atoms. The molecular weight excluding hydrogens is 414 g/mol. The van der Waals surface area contributed by atoms with E-state index in [4.69, 9.17) is 4.42 Å². The molecule has 3 aromatic rings. The normalized spacial score (nSPS) is 20.4. The van der Waals surface area contributed by atoms with Gasteiger partial charge < -0.3 is 15.1 Å². The summed E-state index contributed by atoms with van der Waals surface area (Å²) in [5.74, 6) is 0.588. The first-order valence-electron chi connectivity index (χ1n) is 11.1. The van der Waals surface area contributed by atoms with Crippen LogP contribution in [0.5, 0.6) is 0 Å². The van der Waals surface area contributed by atoms with E-state index >= 15 is 0 Å². The van der Waals surface area contributed by atoms with Gasteiger partial charge in [-0.3, -0.25) is 9.59 Å². The number of carbonyl (C=O) groups excluding carboxylic acids is 2. The number of furan rings is 1. The number of aromatic nitrogens is 1. The molecule has 1 amide bonds. The number of pyridine rings is 1. The lowest BCUT2D eigenvalue weighted by Crippen LogP contribution is -2.37.